The first-order chi connectivity index (χ1) is 11.4. The first kappa shape index (κ1) is 20.0. The van der Waals surface area contributed by atoms with E-state index in [-0.39, 0.29) is 11.8 Å². The van der Waals surface area contributed by atoms with Crippen molar-refractivity contribution in [2.75, 3.05) is 26.7 Å². The molecule has 0 heterocycles. The number of nitrogens with one attached hydrogen (secondary N) is 1. The van der Waals surface area contributed by atoms with Gasteiger partial charge in [0.05, 0.1) is 7.11 Å². The Hall–Kier alpha value is -2.04. The van der Waals surface area contributed by atoms with E-state index in [1.54, 1.807) is 18.9 Å². The molecule has 1 aromatic carbocycles. The summed E-state index contributed by atoms with van der Waals surface area (Å²) in [5, 5.41) is 2.91. The first-order valence-corrected chi connectivity index (χ1v) is 8.58. The van der Waals surface area contributed by atoms with Crippen LogP contribution in [0.3, 0.4) is 0 Å². The largest absolute Gasteiger partial charge is 0.496 e. The van der Waals surface area contributed by atoms with Gasteiger partial charge in [-0.2, -0.15) is 0 Å². The molecule has 0 atom stereocenters. The number of carbonyl (C=O) groups excluding carboxylic acids is 2. The number of nitrogens with zero attached hydrogens (tertiary/aromatic N) is 1. The van der Waals surface area contributed by atoms with Crippen molar-refractivity contribution in [1.29, 1.82) is 0 Å². The SMILES string of the molecule is COc1ccccc1CCNC(=O)CCN(CCC(C)C)C(C)=O. The molecule has 1 aromatic rings. The minimum atomic E-state index is -0.0271. The van der Waals surface area contributed by atoms with E-state index in [0.717, 1.165) is 24.2 Å². The zero-order valence-electron chi connectivity index (χ0n) is 15.3. The van der Waals surface area contributed by atoms with E-state index in [4.69, 9.17) is 4.74 Å². The smallest absolute Gasteiger partial charge is 0.221 e. The molecule has 0 aliphatic heterocycles. The fourth-order valence-corrected chi connectivity index (χ4v) is 2.41. The molecule has 0 radical (unpaired) electrons. The Morgan fingerprint density at radius 3 is 2.54 bits per heavy atom. The van der Waals surface area contributed by atoms with Gasteiger partial charge in [-0.15, -0.1) is 0 Å². The summed E-state index contributed by atoms with van der Waals surface area (Å²) in [5.74, 6) is 1.38. The van der Waals surface area contributed by atoms with Crippen LogP contribution < -0.4 is 10.1 Å². The minimum absolute atomic E-state index is 0.0254. The van der Waals surface area contributed by atoms with E-state index in [1.165, 1.54) is 0 Å². The summed E-state index contributed by atoms with van der Waals surface area (Å²) in [5.41, 5.74) is 1.07. The number of methoxy groups -OCH3 is 1. The number of benzene rings is 1. The summed E-state index contributed by atoms with van der Waals surface area (Å²) in [7, 11) is 1.64. The van der Waals surface area contributed by atoms with Crippen LogP contribution in [0.25, 0.3) is 0 Å². The van der Waals surface area contributed by atoms with E-state index in [1.807, 2.05) is 24.3 Å². The van der Waals surface area contributed by atoms with Crippen molar-refractivity contribution in [1.82, 2.24) is 10.2 Å². The molecule has 5 nitrogen and oxygen atoms in total. The molecule has 0 aliphatic carbocycles. The van der Waals surface area contributed by atoms with Crippen LogP contribution in [-0.2, 0) is 16.0 Å². The lowest BCUT2D eigenvalue weighted by atomic mass is 10.1. The first-order valence-electron chi connectivity index (χ1n) is 8.58. The van der Waals surface area contributed by atoms with E-state index in [9.17, 15) is 9.59 Å². The van der Waals surface area contributed by atoms with Crippen molar-refractivity contribution in [2.24, 2.45) is 5.92 Å². The van der Waals surface area contributed by atoms with Gasteiger partial charge in [-0.1, -0.05) is 32.0 Å². The van der Waals surface area contributed by atoms with Gasteiger partial charge in [0.1, 0.15) is 5.75 Å². The highest BCUT2D eigenvalue weighted by molar-refractivity contribution is 5.78. The molecule has 0 aliphatic rings. The van der Waals surface area contributed by atoms with Crippen LogP contribution in [0.15, 0.2) is 24.3 Å². The molecule has 0 aromatic heterocycles. The second-order valence-electron chi connectivity index (χ2n) is 6.35. The average Bonchev–Trinajstić information content (AvgIpc) is 2.54. The number of amides is 2. The van der Waals surface area contributed by atoms with Gasteiger partial charge in [0.2, 0.25) is 11.8 Å². The molecule has 0 bridgehead atoms. The van der Waals surface area contributed by atoms with Crippen molar-refractivity contribution < 1.29 is 14.3 Å². The van der Waals surface area contributed by atoms with Crippen molar-refractivity contribution in [3.8, 4) is 5.75 Å². The highest BCUT2D eigenvalue weighted by Crippen LogP contribution is 2.17. The normalized spacial score (nSPS) is 10.5. The predicted molar refractivity (Wildman–Crippen MR) is 96.0 cm³/mol. The molecule has 134 valence electrons. The Kier molecular flexibility index (Phi) is 8.90. The van der Waals surface area contributed by atoms with E-state index < -0.39 is 0 Å². The minimum Gasteiger partial charge on any atom is -0.496 e. The Labute approximate surface area is 145 Å². The molecule has 0 fully saturated rings. The van der Waals surface area contributed by atoms with Gasteiger partial charge in [-0.05, 0) is 30.4 Å². The van der Waals surface area contributed by atoms with Crippen LogP contribution in [0.2, 0.25) is 0 Å². The zero-order chi connectivity index (χ0) is 17.9. The van der Waals surface area contributed by atoms with Gasteiger partial charge >= 0.3 is 0 Å². The zero-order valence-corrected chi connectivity index (χ0v) is 15.3. The number of rotatable bonds is 10. The maximum Gasteiger partial charge on any atom is 0.221 e. The number of ether oxygens (including phenoxy) is 1. The topological polar surface area (TPSA) is 58.6 Å². The van der Waals surface area contributed by atoms with E-state index in [0.29, 0.717) is 32.0 Å². The average molecular weight is 334 g/mol. The molecule has 2 amide bonds. The lowest BCUT2D eigenvalue weighted by Crippen LogP contribution is -2.35. The maximum absolute atomic E-state index is 12.0. The highest BCUT2D eigenvalue weighted by Gasteiger charge is 2.11. The van der Waals surface area contributed by atoms with Crippen molar-refractivity contribution in [3.05, 3.63) is 29.8 Å². The number of carbonyl (C=O) groups is 2. The lowest BCUT2D eigenvalue weighted by molar-refractivity contribution is -0.129. The highest BCUT2D eigenvalue weighted by atomic mass is 16.5. The van der Waals surface area contributed by atoms with Crippen LogP contribution in [0, 0.1) is 5.92 Å². The monoisotopic (exact) mass is 334 g/mol. The number of para-hydroxylation sites is 1. The summed E-state index contributed by atoms with van der Waals surface area (Å²) in [6.07, 6.45) is 2.01. The third-order valence-corrected chi connectivity index (χ3v) is 3.94. The lowest BCUT2D eigenvalue weighted by Gasteiger charge is -2.21. The molecule has 1 rings (SSSR count). The van der Waals surface area contributed by atoms with Crippen molar-refractivity contribution in [2.45, 2.75) is 40.0 Å². The fraction of sp³-hybridized carbons (Fsp3) is 0.579. The van der Waals surface area contributed by atoms with Crippen molar-refractivity contribution >= 4 is 11.8 Å². The molecule has 0 saturated heterocycles. The quantitative estimate of drug-likeness (QED) is 0.715. The van der Waals surface area contributed by atoms with Gasteiger partial charge in [-0.25, -0.2) is 0 Å². The van der Waals surface area contributed by atoms with Gasteiger partial charge in [0, 0.05) is 33.0 Å². The summed E-state index contributed by atoms with van der Waals surface area (Å²) in [6, 6.07) is 7.79. The van der Waals surface area contributed by atoms with Gasteiger partial charge < -0.3 is 15.0 Å². The Morgan fingerprint density at radius 2 is 1.92 bits per heavy atom. The second kappa shape index (κ2) is 10.7. The van der Waals surface area contributed by atoms with E-state index in [2.05, 4.69) is 19.2 Å². The van der Waals surface area contributed by atoms with Crippen LogP contribution >= 0.6 is 0 Å². The third kappa shape index (κ3) is 7.49. The molecule has 0 unspecified atom stereocenters. The number of hydrogen-bond acceptors (Lipinski definition) is 3. The van der Waals surface area contributed by atoms with Crippen LogP contribution in [0.5, 0.6) is 5.75 Å². The molecule has 0 spiro atoms. The Balaban J connectivity index is 2.33. The Bertz CT molecular complexity index is 529. The third-order valence-electron chi connectivity index (χ3n) is 3.94. The summed E-state index contributed by atoms with van der Waals surface area (Å²) < 4.78 is 5.30. The van der Waals surface area contributed by atoms with Crippen LogP contribution in [0.4, 0.5) is 0 Å². The summed E-state index contributed by atoms with van der Waals surface area (Å²) in [6.45, 7) is 7.56. The molecule has 24 heavy (non-hydrogen) atoms. The van der Waals surface area contributed by atoms with Crippen LogP contribution in [0.1, 0.15) is 39.2 Å². The molecule has 5 heteroatoms. The second-order valence-corrected chi connectivity index (χ2v) is 6.35. The molecular weight excluding hydrogens is 304 g/mol. The van der Waals surface area contributed by atoms with Gasteiger partial charge in [0.25, 0.3) is 0 Å². The molecule has 0 saturated carbocycles. The predicted octanol–water partition coefficient (Wildman–Crippen LogP) is 2.64. The summed E-state index contributed by atoms with van der Waals surface area (Å²) >= 11 is 0. The van der Waals surface area contributed by atoms with Crippen molar-refractivity contribution in [3.63, 3.8) is 0 Å². The molecular formula is C19H30N2O3. The standard InChI is InChI=1S/C19H30N2O3/c1-15(2)10-13-21(16(3)22)14-11-19(23)20-12-9-17-7-5-6-8-18(17)24-4/h5-8,15H,9-14H2,1-4H3,(H,20,23). The van der Waals surface area contributed by atoms with Gasteiger partial charge in [0.15, 0.2) is 0 Å². The van der Waals surface area contributed by atoms with Crippen LogP contribution in [-0.4, -0.2) is 43.5 Å². The molecule has 1 N–H and O–H groups in total. The maximum atomic E-state index is 12.0. The fourth-order valence-electron chi connectivity index (χ4n) is 2.41. The Morgan fingerprint density at radius 1 is 1.21 bits per heavy atom. The number of hydrogen-bond donors (Lipinski definition) is 1. The summed E-state index contributed by atoms with van der Waals surface area (Å²) in [4.78, 5) is 25.3. The van der Waals surface area contributed by atoms with E-state index >= 15 is 0 Å². The van der Waals surface area contributed by atoms with Gasteiger partial charge in [-0.3, -0.25) is 9.59 Å².